The Morgan fingerprint density at radius 3 is 2.59 bits per heavy atom. The van der Waals surface area contributed by atoms with E-state index in [0.29, 0.717) is 18.6 Å². The van der Waals surface area contributed by atoms with Crippen LogP contribution in [0.1, 0.15) is 19.8 Å². The third kappa shape index (κ3) is 6.22. The molecule has 2 heterocycles. The summed E-state index contributed by atoms with van der Waals surface area (Å²) in [5.41, 5.74) is 10.9. The second-order valence-corrected chi connectivity index (χ2v) is 5.64. The molecule has 1 unspecified atom stereocenters. The number of halogens is 1. The van der Waals surface area contributed by atoms with Crippen molar-refractivity contribution in [3.8, 4) is 0 Å². The Morgan fingerprint density at radius 2 is 1.96 bits per heavy atom. The van der Waals surface area contributed by atoms with Crippen LogP contribution in [-0.2, 0) is 25.6 Å². The molecular formula is C15H23ClN6O5. The van der Waals surface area contributed by atoms with Gasteiger partial charge < -0.3 is 25.5 Å². The van der Waals surface area contributed by atoms with Crippen molar-refractivity contribution in [3.63, 3.8) is 0 Å². The molecule has 0 saturated carbocycles. The molecule has 0 amide bonds. The van der Waals surface area contributed by atoms with Crippen molar-refractivity contribution in [2.75, 3.05) is 25.5 Å². The third-order valence-electron chi connectivity index (χ3n) is 3.69. The highest BCUT2D eigenvalue weighted by Gasteiger charge is 2.16. The summed E-state index contributed by atoms with van der Waals surface area (Å²) in [6, 6.07) is 0. The summed E-state index contributed by atoms with van der Waals surface area (Å²) in [7, 11) is 0. The van der Waals surface area contributed by atoms with Crippen molar-refractivity contribution < 1.29 is 19.1 Å². The van der Waals surface area contributed by atoms with Gasteiger partial charge in [0.15, 0.2) is 11.2 Å². The van der Waals surface area contributed by atoms with Gasteiger partial charge in [0.25, 0.3) is 5.56 Å². The molecule has 1 atom stereocenters. The predicted molar refractivity (Wildman–Crippen MR) is 99.2 cm³/mol. The number of hydrogen-bond donors (Lipinski definition) is 3. The number of imidazole rings is 1. The largest absolute Gasteiger partial charge is 0.465 e. The van der Waals surface area contributed by atoms with Crippen molar-refractivity contribution >= 4 is 41.5 Å². The number of aromatic amines is 1. The van der Waals surface area contributed by atoms with Gasteiger partial charge in [-0.25, -0.2) is 4.98 Å². The van der Waals surface area contributed by atoms with Crippen LogP contribution in [0.5, 0.6) is 0 Å². The molecule has 2 aromatic rings. The van der Waals surface area contributed by atoms with E-state index in [1.807, 2.05) is 0 Å². The minimum atomic E-state index is -0.536. The molecule has 2 rings (SSSR count). The van der Waals surface area contributed by atoms with E-state index >= 15 is 0 Å². The fraction of sp³-hybridized carbons (Fsp3) is 0.533. The first-order chi connectivity index (χ1) is 12.4. The van der Waals surface area contributed by atoms with Crippen LogP contribution in [0.15, 0.2) is 11.1 Å². The summed E-state index contributed by atoms with van der Waals surface area (Å²) in [6.45, 7) is 2.06. The molecule has 0 radical (unpaired) electrons. The van der Waals surface area contributed by atoms with Crippen LogP contribution in [-0.4, -0.2) is 51.2 Å². The number of H-pyrrole nitrogens is 1. The summed E-state index contributed by atoms with van der Waals surface area (Å²) in [4.78, 5) is 44.9. The van der Waals surface area contributed by atoms with Gasteiger partial charge in [0.2, 0.25) is 5.95 Å². The zero-order valence-corrected chi connectivity index (χ0v) is 15.7. The SMILES string of the molecule is CCC(=O)OCC(CCn1cnc2c(=O)[nH]c(N)nc21)COC(=O)CN.Cl. The second-order valence-electron chi connectivity index (χ2n) is 5.64. The minimum absolute atomic E-state index is 0. The fourth-order valence-corrected chi connectivity index (χ4v) is 2.25. The summed E-state index contributed by atoms with van der Waals surface area (Å²) in [5, 5.41) is 0. The minimum Gasteiger partial charge on any atom is -0.465 e. The average Bonchev–Trinajstić information content (AvgIpc) is 3.03. The summed E-state index contributed by atoms with van der Waals surface area (Å²) in [5.74, 6) is -1.12. The number of esters is 2. The second kappa shape index (κ2) is 10.5. The number of nitrogens with one attached hydrogen (secondary N) is 1. The number of aryl methyl sites for hydroxylation is 1. The van der Waals surface area contributed by atoms with Gasteiger partial charge in [-0.15, -0.1) is 12.4 Å². The quantitative estimate of drug-likeness (QED) is 0.471. The molecule has 150 valence electrons. The van der Waals surface area contributed by atoms with Gasteiger partial charge in [-0.1, -0.05) is 6.92 Å². The van der Waals surface area contributed by atoms with Crippen LogP contribution in [0.3, 0.4) is 0 Å². The van der Waals surface area contributed by atoms with Crippen molar-refractivity contribution in [1.82, 2.24) is 19.5 Å². The van der Waals surface area contributed by atoms with E-state index in [2.05, 4.69) is 15.0 Å². The molecule has 0 bridgehead atoms. The highest BCUT2D eigenvalue weighted by molar-refractivity contribution is 5.85. The van der Waals surface area contributed by atoms with Crippen LogP contribution in [0.4, 0.5) is 5.95 Å². The van der Waals surface area contributed by atoms with Gasteiger partial charge in [0.1, 0.15) is 0 Å². The highest BCUT2D eigenvalue weighted by Crippen LogP contribution is 2.12. The Kier molecular flexibility index (Phi) is 8.69. The maximum absolute atomic E-state index is 11.8. The molecule has 2 aromatic heterocycles. The van der Waals surface area contributed by atoms with Gasteiger partial charge in [-0.2, -0.15) is 4.98 Å². The van der Waals surface area contributed by atoms with Gasteiger partial charge in [0.05, 0.1) is 26.1 Å². The molecular weight excluding hydrogens is 380 g/mol. The Bertz CT molecular complexity index is 816. The van der Waals surface area contributed by atoms with E-state index < -0.39 is 11.5 Å². The van der Waals surface area contributed by atoms with Crippen LogP contribution < -0.4 is 17.0 Å². The molecule has 0 fully saturated rings. The van der Waals surface area contributed by atoms with Gasteiger partial charge in [-0.05, 0) is 6.42 Å². The Labute approximate surface area is 160 Å². The maximum Gasteiger partial charge on any atom is 0.319 e. The molecule has 27 heavy (non-hydrogen) atoms. The lowest BCUT2D eigenvalue weighted by atomic mass is 10.1. The molecule has 0 spiro atoms. The average molecular weight is 403 g/mol. The zero-order valence-electron chi connectivity index (χ0n) is 14.8. The molecule has 5 N–H and O–H groups in total. The number of rotatable bonds is 9. The van der Waals surface area contributed by atoms with Crippen molar-refractivity contribution in [2.45, 2.75) is 26.3 Å². The van der Waals surface area contributed by atoms with Crippen molar-refractivity contribution in [3.05, 3.63) is 16.7 Å². The number of hydrogen-bond acceptors (Lipinski definition) is 9. The monoisotopic (exact) mass is 402 g/mol. The van der Waals surface area contributed by atoms with Gasteiger partial charge in [-0.3, -0.25) is 19.4 Å². The molecule has 0 aliphatic carbocycles. The molecule has 0 aromatic carbocycles. The first-order valence-electron chi connectivity index (χ1n) is 8.16. The third-order valence-corrected chi connectivity index (χ3v) is 3.69. The Morgan fingerprint density at radius 1 is 1.30 bits per heavy atom. The van der Waals surface area contributed by atoms with Crippen LogP contribution in [0.2, 0.25) is 0 Å². The van der Waals surface area contributed by atoms with E-state index in [4.69, 9.17) is 20.9 Å². The molecule has 0 aliphatic rings. The normalized spacial score (nSPS) is 11.6. The van der Waals surface area contributed by atoms with Gasteiger partial charge in [0, 0.05) is 18.9 Å². The number of anilines is 1. The van der Waals surface area contributed by atoms with Crippen LogP contribution in [0.25, 0.3) is 11.2 Å². The summed E-state index contributed by atoms with van der Waals surface area (Å²) in [6.07, 6.45) is 2.23. The molecule has 12 heteroatoms. The van der Waals surface area contributed by atoms with Crippen molar-refractivity contribution in [1.29, 1.82) is 0 Å². The van der Waals surface area contributed by atoms with Crippen molar-refractivity contribution in [2.24, 2.45) is 11.7 Å². The number of ether oxygens (including phenoxy) is 2. The van der Waals surface area contributed by atoms with E-state index in [9.17, 15) is 14.4 Å². The zero-order chi connectivity index (χ0) is 19.1. The maximum atomic E-state index is 11.8. The number of carbonyl (C=O) groups excluding carboxylic acids is 2. The predicted octanol–water partition coefficient (Wildman–Crippen LogP) is -0.415. The number of carbonyl (C=O) groups is 2. The summed E-state index contributed by atoms with van der Waals surface area (Å²) < 4.78 is 11.8. The molecule has 11 nitrogen and oxygen atoms in total. The smallest absolute Gasteiger partial charge is 0.319 e. The van der Waals surface area contributed by atoms with E-state index in [1.165, 1.54) is 6.33 Å². The van der Waals surface area contributed by atoms with E-state index in [0.717, 1.165) is 0 Å². The number of nitrogen functional groups attached to an aromatic ring is 1. The number of nitrogens with two attached hydrogens (primary N) is 2. The Hall–Kier alpha value is -2.66. The number of nitrogens with zero attached hydrogens (tertiary/aromatic N) is 3. The fourth-order valence-electron chi connectivity index (χ4n) is 2.25. The molecule has 0 aliphatic heterocycles. The first-order valence-corrected chi connectivity index (χ1v) is 8.16. The van der Waals surface area contributed by atoms with Crippen LogP contribution in [0, 0.1) is 5.92 Å². The lowest BCUT2D eigenvalue weighted by molar-refractivity contribution is -0.148. The lowest BCUT2D eigenvalue weighted by Crippen LogP contribution is -2.25. The first kappa shape index (κ1) is 22.4. The van der Waals surface area contributed by atoms with E-state index in [1.54, 1.807) is 11.5 Å². The highest BCUT2D eigenvalue weighted by atomic mass is 35.5. The number of fused-ring (bicyclic) bond motifs is 1. The standard InChI is InChI=1S/C15H22N6O5.ClH/c1-2-10(22)25-6-9(7-26-11(23)5-16)3-4-21-8-18-12-13(21)19-15(17)20-14(12)24;/h8-9H,2-7,16H2,1H3,(H3,17,19,20,24);1H. The number of aromatic nitrogens is 4. The lowest BCUT2D eigenvalue weighted by Gasteiger charge is -2.17. The van der Waals surface area contributed by atoms with Gasteiger partial charge >= 0.3 is 11.9 Å². The summed E-state index contributed by atoms with van der Waals surface area (Å²) >= 11 is 0. The Balaban J connectivity index is 0.00000364. The molecule has 0 saturated heterocycles. The van der Waals surface area contributed by atoms with Crippen LogP contribution >= 0.6 is 12.4 Å². The van der Waals surface area contributed by atoms with E-state index in [-0.39, 0.29) is 61.9 Å². The topological polar surface area (TPSA) is 168 Å².